The van der Waals surface area contributed by atoms with Gasteiger partial charge in [-0.1, -0.05) is 0 Å². The van der Waals surface area contributed by atoms with Gasteiger partial charge in [0.1, 0.15) is 17.7 Å². The standard InChI is InChI=1S/C17H17Br2N3O3S/c1-22-4-3-7-10(6-22)26-17-11(7)16(24)20-15(21-17)12-13(19)8(18)5-9(25-2)14(12)23/h5,15,21,23H,3-4,6H2,1-2H3,(H,20,24)/p+1/t15-/m0/s1. The zero-order valence-corrected chi connectivity index (χ0v) is 18.2. The molecule has 0 fully saturated rings. The number of nitrogens with one attached hydrogen (secondary N) is 3. The molecule has 6 nitrogen and oxygen atoms in total. The molecule has 26 heavy (non-hydrogen) atoms. The van der Waals surface area contributed by atoms with Crippen LogP contribution in [-0.2, 0) is 13.0 Å². The predicted molar refractivity (Wildman–Crippen MR) is 107 cm³/mol. The molecule has 138 valence electrons. The van der Waals surface area contributed by atoms with Gasteiger partial charge in [-0.25, -0.2) is 0 Å². The number of phenolic OH excluding ortho intramolecular Hbond substituents is 1. The van der Waals surface area contributed by atoms with Crippen molar-refractivity contribution < 1.29 is 19.5 Å². The van der Waals surface area contributed by atoms with Crippen molar-refractivity contribution in [2.45, 2.75) is 19.1 Å². The number of benzene rings is 1. The maximum absolute atomic E-state index is 12.9. The van der Waals surface area contributed by atoms with E-state index >= 15 is 0 Å². The van der Waals surface area contributed by atoms with Gasteiger partial charge >= 0.3 is 0 Å². The van der Waals surface area contributed by atoms with E-state index in [-0.39, 0.29) is 11.7 Å². The minimum Gasteiger partial charge on any atom is -0.504 e. The molecule has 1 aromatic carbocycles. The molecule has 4 N–H and O–H groups in total. The van der Waals surface area contributed by atoms with Gasteiger partial charge in [-0.15, -0.1) is 11.3 Å². The fourth-order valence-corrected chi connectivity index (χ4v) is 5.85. The second kappa shape index (κ2) is 6.70. The van der Waals surface area contributed by atoms with Crippen LogP contribution in [0.1, 0.15) is 32.5 Å². The molecule has 2 atom stereocenters. The number of hydrogen-bond donors (Lipinski definition) is 4. The highest BCUT2D eigenvalue weighted by Crippen LogP contribution is 2.46. The van der Waals surface area contributed by atoms with Crippen molar-refractivity contribution in [1.82, 2.24) is 5.32 Å². The third-order valence-electron chi connectivity index (χ3n) is 4.83. The van der Waals surface area contributed by atoms with E-state index in [1.807, 2.05) is 0 Å². The number of rotatable bonds is 2. The summed E-state index contributed by atoms with van der Waals surface area (Å²) in [5.41, 5.74) is 2.45. The van der Waals surface area contributed by atoms with Crippen LogP contribution in [0.5, 0.6) is 11.5 Å². The van der Waals surface area contributed by atoms with Gasteiger partial charge in [0.2, 0.25) is 0 Å². The summed E-state index contributed by atoms with van der Waals surface area (Å²) in [6.07, 6.45) is 0.354. The lowest BCUT2D eigenvalue weighted by Crippen LogP contribution is -3.08. The summed E-state index contributed by atoms with van der Waals surface area (Å²) in [4.78, 5) is 15.6. The van der Waals surface area contributed by atoms with Gasteiger partial charge in [-0.05, 0) is 43.5 Å². The zero-order chi connectivity index (χ0) is 18.6. The summed E-state index contributed by atoms with van der Waals surface area (Å²) < 4.78 is 6.65. The van der Waals surface area contributed by atoms with E-state index in [4.69, 9.17) is 4.74 Å². The monoisotopic (exact) mass is 502 g/mol. The number of aromatic hydroxyl groups is 1. The van der Waals surface area contributed by atoms with E-state index in [1.54, 1.807) is 17.4 Å². The molecule has 0 saturated carbocycles. The van der Waals surface area contributed by atoms with Crippen LogP contribution in [0.3, 0.4) is 0 Å². The Kier molecular flexibility index (Phi) is 4.66. The number of ether oxygens (including phenoxy) is 1. The van der Waals surface area contributed by atoms with Crippen molar-refractivity contribution in [3.05, 3.63) is 36.6 Å². The number of phenols is 1. The van der Waals surface area contributed by atoms with Gasteiger partial charge in [0.25, 0.3) is 5.91 Å². The Morgan fingerprint density at radius 1 is 1.38 bits per heavy atom. The molecule has 0 radical (unpaired) electrons. The van der Waals surface area contributed by atoms with Crippen molar-refractivity contribution >= 4 is 54.1 Å². The molecular weight excluding hydrogens is 486 g/mol. The molecular formula is C17H18Br2N3O3S+. The zero-order valence-electron chi connectivity index (χ0n) is 14.2. The van der Waals surface area contributed by atoms with E-state index in [1.165, 1.54) is 16.9 Å². The highest BCUT2D eigenvalue weighted by atomic mass is 79.9. The Balaban J connectivity index is 1.77. The van der Waals surface area contributed by atoms with E-state index in [0.29, 0.717) is 15.8 Å². The van der Waals surface area contributed by atoms with Gasteiger partial charge in [0.05, 0.1) is 36.7 Å². The topological polar surface area (TPSA) is 75.0 Å². The summed E-state index contributed by atoms with van der Waals surface area (Å²) in [6, 6.07) is 1.68. The van der Waals surface area contributed by atoms with Gasteiger partial charge in [-0.2, -0.15) is 0 Å². The van der Waals surface area contributed by atoms with Crippen LogP contribution >= 0.6 is 43.2 Å². The molecule has 3 heterocycles. The van der Waals surface area contributed by atoms with Crippen LogP contribution in [0.4, 0.5) is 5.00 Å². The number of amides is 1. The smallest absolute Gasteiger partial charge is 0.256 e. The van der Waals surface area contributed by atoms with E-state index in [0.717, 1.165) is 40.1 Å². The van der Waals surface area contributed by atoms with Crippen LogP contribution in [0.15, 0.2) is 15.0 Å². The van der Waals surface area contributed by atoms with E-state index in [9.17, 15) is 9.90 Å². The summed E-state index contributed by atoms with van der Waals surface area (Å²) in [5, 5.41) is 17.8. The first-order valence-corrected chi connectivity index (χ1v) is 10.6. The van der Waals surface area contributed by atoms with Gasteiger partial charge < -0.3 is 25.4 Å². The quantitative estimate of drug-likeness (QED) is 0.507. The molecule has 1 aromatic heterocycles. The second-order valence-corrected chi connectivity index (χ2v) is 9.28. The highest BCUT2D eigenvalue weighted by Gasteiger charge is 2.36. The highest BCUT2D eigenvalue weighted by molar-refractivity contribution is 9.13. The molecule has 9 heteroatoms. The number of methoxy groups -OCH3 is 1. The summed E-state index contributed by atoms with van der Waals surface area (Å²) in [5.74, 6) is 0.230. The third-order valence-corrected chi connectivity index (χ3v) is 8.01. The van der Waals surface area contributed by atoms with Crippen molar-refractivity contribution in [2.24, 2.45) is 0 Å². The SMILES string of the molecule is COc1cc(Br)c(Br)c([C@H]2NC(=O)c3c(sc4c3CC[NH+](C)C4)N2)c1O. The molecule has 1 unspecified atom stereocenters. The first-order chi connectivity index (χ1) is 12.4. The Labute approximate surface area is 171 Å². The minimum atomic E-state index is -0.555. The fraction of sp³-hybridized carbons (Fsp3) is 0.353. The van der Waals surface area contributed by atoms with Crippen molar-refractivity contribution in [2.75, 3.05) is 26.0 Å². The number of quaternary nitrogens is 1. The Morgan fingerprint density at radius 3 is 2.88 bits per heavy atom. The summed E-state index contributed by atoms with van der Waals surface area (Å²) in [6.45, 7) is 1.97. The number of hydrogen-bond acceptors (Lipinski definition) is 5. The fourth-order valence-electron chi connectivity index (χ4n) is 3.51. The maximum Gasteiger partial charge on any atom is 0.256 e. The van der Waals surface area contributed by atoms with Crippen LogP contribution < -0.4 is 20.3 Å². The molecule has 0 spiro atoms. The average Bonchev–Trinajstić information content (AvgIpc) is 2.96. The first-order valence-electron chi connectivity index (χ1n) is 8.18. The number of anilines is 1. The van der Waals surface area contributed by atoms with Crippen molar-refractivity contribution in [1.29, 1.82) is 0 Å². The number of fused-ring (bicyclic) bond motifs is 3. The predicted octanol–water partition coefficient (Wildman–Crippen LogP) is 2.41. The average molecular weight is 504 g/mol. The number of carbonyl (C=O) groups is 1. The van der Waals surface area contributed by atoms with Crippen LogP contribution in [0, 0.1) is 0 Å². The van der Waals surface area contributed by atoms with Crippen LogP contribution in [0.2, 0.25) is 0 Å². The molecule has 0 bridgehead atoms. The van der Waals surface area contributed by atoms with Crippen LogP contribution in [0.25, 0.3) is 0 Å². The largest absolute Gasteiger partial charge is 0.504 e. The van der Waals surface area contributed by atoms with Crippen molar-refractivity contribution in [3.8, 4) is 11.5 Å². The molecule has 4 rings (SSSR count). The van der Waals surface area contributed by atoms with Gasteiger partial charge in [-0.3, -0.25) is 4.79 Å². The van der Waals surface area contributed by atoms with E-state index in [2.05, 4.69) is 49.5 Å². The lowest BCUT2D eigenvalue weighted by molar-refractivity contribution is -0.895. The Bertz CT molecular complexity index is 915. The number of thiophene rings is 1. The molecule has 2 aliphatic rings. The third kappa shape index (κ3) is 2.81. The lowest BCUT2D eigenvalue weighted by atomic mass is 10.0. The number of carbonyl (C=O) groups excluding carboxylic acids is 1. The summed E-state index contributed by atoms with van der Waals surface area (Å²) in [7, 11) is 3.66. The molecule has 2 aliphatic heterocycles. The van der Waals surface area contributed by atoms with Crippen LogP contribution in [-0.4, -0.2) is 31.7 Å². The van der Waals surface area contributed by atoms with E-state index < -0.39 is 6.17 Å². The van der Waals surface area contributed by atoms with Gasteiger partial charge in [0, 0.05) is 15.4 Å². The summed E-state index contributed by atoms with van der Waals surface area (Å²) >= 11 is 8.60. The Morgan fingerprint density at radius 2 is 2.15 bits per heavy atom. The lowest BCUT2D eigenvalue weighted by Gasteiger charge is -2.28. The first kappa shape index (κ1) is 18.1. The second-order valence-electron chi connectivity index (χ2n) is 6.53. The van der Waals surface area contributed by atoms with Gasteiger partial charge in [0.15, 0.2) is 11.5 Å². The molecule has 2 aromatic rings. The minimum absolute atomic E-state index is 0.00526. The molecule has 0 aliphatic carbocycles. The molecule has 0 saturated heterocycles. The van der Waals surface area contributed by atoms with Crippen molar-refractivity contribution in [3.63, 3.8) is 0 Å². The molecule has 1 amide bonds. The Hall–Kier alpha value is -1.29. The maximum atomic E-state index is 12.9. The normalized spacial score (nSPS) is 21.5. The number of likely N-dealkylation sites (N-methyl/N-ethyl adjacent to an activating group) is 1. The number of halogens is 2.